The molecule has 0 amide bonds. The molecule has 6 rings (SSSR count). The minimum absolute atomic E-state index is 0.0151. The Balaban J connectivity index is 1.45. The molecule has 34 heavy (non-hydrogen) atoms. The molecule has 3 aromatic heterocycles. The Hall–Kier alpha value is -3.75. The lowest BCUT2D eigenvalue weighted by molar-refractivity contribution is 0.0164. The van der Waals surface area contributed by atoms with Crippen LogP contribution in [0.1, 0.15) is 11.6 Å². The molecule has 2 atom stereocenters. The molecule has 172 valence electrons. The highest BCUT2D eigenvalue weighted by Crippen LogP contribution is 2.34. The second-order valence-corrected chi connectivity index (χ2v) is 8.83. The monoisotopic (exact) mass is 453 g/mol. The van der Waals surface area contributed by atoms with Crippen LogP contribution in [0, 0.1) is 0 Å². The molecule has 2 aromatic carbocycles. The van der Waals surface area contributed by atoms with Gasteiger partial charge in [-0.1, -0.05) is 12.1 Å². The van der Waals surface area contributed by atoms with E-state index in [4.69, 9.17) is 4.74 Å². The fraction of sp³-hybridized carbons (Fsp3) is 0.269. The second kappa shape index (κ2) is 8.55. The number of aromatic nitrogens is 5. The van der Waals surface area contributed by atoms with Crippen LogP contribution in [0.4, 0.5) is 5.69 Å². The Kier molecular flexibility index (Phi) is 5.24. The van der Waals surface area contributed by atoms with Gasteiger partial charge in [0.15, 0.2) is 0 Å². The van der Waals surface area contributed by atoms with Gasteiger partial charge in [-0.2, -0.15) is 5.10 Å². The maximum atomic E-state index is 6.14. The van der Waals surface area contributed by atoms with Gasteiger partial charge in [0.1, 0.15) is 0 Å². The summed E-state index contributed by atoms with van der Waals surface area (Å²) >= 11 is 0. The first-order valence-electron chi connectivity index (χ1n) is 11.5. The van der Waals surface area contributed by atoms with E-state index >= 15 is 0 Å². The topological polar surface area (TPSA) is 81.8 Å². The molecule has 1 aliphatic rings. The molecule has 1 aliphatic heterocycles. The summed E-state index contributed by atoms with van der Waals surface area (Å²) in [4.78, 5) is 9.30. The van der Waals surface area contributed by atoms with Crippen LogP contribution in [0.2, 0.25) is 0 Å². The molecular formula is C26H27N7O. The fourth-order valence-corrected chi connectivity index (χ4v) is 4.78. The predicted molar refractivity (Wildman–Crippen MR) is 134 cm³/mol. The zero-order valence-electron chi connectivity index (χ0n) is 19.3. The second-order valence-electron chi connectivity index (χ2n) is 8.83. The average molecular weight is 454 g/mol. The minimum Gasteiger partial charge on any atom is -0.375 e. The van der Waals surface area contributed by atoms with Crippen molar-refractivity contribution in [2.75, 3.05) is 25.0 Å². The van der Waals surface area contributed by atoms with Gasteiger partial charge in [0, 0.05) is 74.3 Å². The first kappa shape index (κ1) is 20.8. The van der Waals surface area contributed by atoms with E-state index in [9.17, 15) is 0 Å². The van der Waals surface area contributed by atoms with Gasteiger partial charge in [-0.15, -0.1) is 0 Å². The molecule has 0 bridgehead atoms. The van der Waals surface area contributed by atoms with Crippen LogP contribution in [-0.4, -0.2) is 50.1 Å². The van der Waals surface area contributed by atoms with E-state index in [2.05, 4.69) is 79.9 Å². The van der Waals surface area contributed by atoms with Crippen LogP contribution in [0.15, 0.2) is 67.4 Å². The summed E-state index contributed by atoms with van der Waals surface area (Å²) in [6.45, 7) is 2.33. The number of morpholine rings is 1. The molecule has 1 fully saturated rings. The average Bonchev–Trinajstić information content (AvgIpc) is 3.47. The third kappa shape index (κ3) is 3.81. The van der Waals surface area contributed by atoms with E-state index in [0.717, 1.165) is 46.5 Å². The van der Waals surface area contributed by atoms with E-state index in [-0.39, 0.29) is 12.1 Å². The highest BCUT2D eigenvalue weighted by molar-refractivity contribution is 5.97. The number of ether oxygens (including phenoxy) is 1. The van der Waals surface area contributed by atoms with Crippen molar-refractivity contribution in [3.05, 3.63) is 72.9 Å². The van der Waals surface area contributed by atoms with Crippen molar-refractivity contribution in [2.45, 2.75) is 12.1 Å². The van der Waals surface area contributed by atoms with Gasteiger partial charge in [-0.05, 0) is 35.2 Å². The number of hydrogen-bond donors (Lipinski definition) is 2. The lowest BCUT2D eigenvalue weighted by Crippen LogP contribution is -2.43. The summed E-state index contributed by atoms with van der Waals surface area (Å²) < 4.78 is 10.1. The van der Waals surface area contributed by atoms with Crippen LogP contribution in [0.3, 0.4) is 0 Å². The molecule has 8 heteroatoms. The van der Waals surface area contributed by atoms with Crippen LogP contribution in [0.5, 0.6) is 0 Å². The Morgan fingerprint density at radius 1 is 1.12 bits per heavy atom. The molecule has 4 heterocycles. The smallest absolute Gasteiger partial charge is 0.0966 e. The van der Waals surface area contributed by atoms with E-state index in [1.54, 1.807) is 12.4 Å². The fourth-order valence-electron chi connectivity index (χ4n) is 4.78. The lowest BCUT2D eigenvalue weighted by Gasteiger charge is -2.32. The van der Waals surface area contributed by atoms with E-state index in [0.29, 0.717) is 6.61 Å². The highest BCUT2D eigenvalue weighted by atomic mass is 16.5. The molecule has 5 aromatic rings. The first-order chi connectivity index (χ1) is 16.7. The third-order valence-electron chi connectivity index (χ3n) is 6.51. The molecule has 0 spiro atoms. The molecule has 0 aliphatic carbocycles. The van der Waals surface area contributed by atoms with Crippen LogP contribution in [-0.2, 0) is 18.8 Å². The van der Waals surface area contributed by atoms with Crippen molar-refractivity contribution in [1.82, 2.24) is 29.6 Å². The molecule has 0 saturated carbocycles. The van der Waals surface area contributed by atoms with Crippen LogP contribution >= 0.6 is 0 Å². The summed E-state index contributed by atoms with van der Waals surface area (Å²) in [5.41, 5.74) is 7.13. The summed E-state index contributed by atoms with van der Waals surface area (Å²) in [5.74, 6) is 0. The van der Waals surface area contributed by atoms with Crippen LogP contribution in [0.25, 0.3) is 33.1 Å². The van der Waals surface area contributed by atoms with Gasteiger partial charge < -0.3 is 19.9 Å². The quantitative estimate of drug-likeness (QED) is 0.423. The lowest BCUT2D eigenvalue weighted by atomic mass is 9.99. The van der Waals surface area contributed by atoms with Crippen molar-refractivity contribution in [2.24, 2.45) is 14.1 Å². The number of hydrogen-bond acceptors (Lipinski definition) is 6. The van der Waals surface area contributed by atoms with Crippen molar-refractivity contribution in [3.63, 3.8) is 0 Å². The van der Waals surface area contributed by atoms with Gasteiger partial charge in [0.05, 0.1) is 36.0 Å². The first-order valence-corrected chi connectivity index (χ1v) is 11.5. The maximum Gasteiger partial charge on any atom is 0.0966 e. The van der Waals surface area contributed by atoms with Crippen molar-refractivity contribution >= 4 is 27.6 Å². The highest BCUT2D eigenvalue weighted by Gasteiger charge is 2.27. The normalized spacial score (nSPS) is 17.3. The molecule has 2 N–H and O–H groups in total. The van der Waals surface area contributed by atoms with Crippen LogP contribution < -0.4 is 10.6 Å². The van der Waals surface area contributed by atoms with E-state index in [1.807, 2.05) is 24.1 Å². The number of nitrogens with one attached hydrogen (secondary N) is 2. The molecule has 0 radical (unpaired) electrons. The van der Waals surface area contributed by atoms with Crippen molar-refractivity contribution < 1.29 is 4.74 Å². The molecule has 8 nitrogen and oxygen atoms in total. The Morgan fingerprint density at radius 3 is 2.85 bits per heavy atom. The Bertz CT molecular complexity index is 1460. The molecular weight excluding hydrogens is 426 g/mol. The summed E-state index contributed by atoms with van der Waals surface area (Å²) in [5, 5.41) is 12.8. The molecule has 1 saturated heterocycles. The number of anilines is 1. The van der Waals surface area contributed by atoms with E-state index < -0.39 is 0 Å². The summed E-state index contributed by atoms with van der Waals surface area (Å²) in [7, 11) is 4.00. The zero-order valence-corrected chi connectivity index (χ0v) is 19.3. The predicted octanol–water partition coefficient (Wildman–Crippen LogP) is 3.66. The number of rotatable bonds is 5. The SMILES string of the molecule is Cn1cc([C@H](Nc2cc(-c3ccc4ccn(C)c4c3)c3nccnc3c2)C2CNCCO2)cn1. The van der Waals surface area contributed by atoms with Gasteiger partial charge in [0.2, 0.25) is 0 Å². The molecule has 1 unspecified atom stereocenters. The van der Waals surface area contributed by atoms with E-state index in [1.165, 1.54) is 10.9 Å². The van der Waals surface area contributed by atoms with Gasteiger partial charge >= 0.3 is 0 Å². The van der Waals surface area contributed by atoms with Gasteiger partial charge in [-0.25, -0.2) is 0 Å². The minimum atomic E-state index is -0.0566. The number of fused-ring (bicyclic) bond motifs is 2. The number of nitrogens with zero attached hydrogens (tertiary/aromatic N) is 5. The van der Waals surface area contributed by atoms with Crippen molar-refractivity contribution in [1.29, 1.82) is 0 Å². The summed E-state index contributed by atoms with van der Waals surface area (Å²) in [6.07, 6.45) is 9.50. The van der Waals surface area contributed by atoms with Gasteiger partial charge in [-0.3, -0.25) is 14.6 Å². The number of benzene rings is 2. The number of aryl methyl sites for hydroxylation is 2. The third-order valence-corrected chi connectivity index (χ3v) is 6.51. The van der Waals surface area contributed by atoms with Crippen molar-refractivity contribution in [3.8, 4) is 11.1 Å². The van der Waals surface area contributed by atoms with Gasteiger partial charge in [0.25, 0.3) is 0 Å². The maximum absolute atomic E-state index is 6.14. The largest absolute Gasteiger partial charge is 0.375 e. The standard InChI is InChI=1S/C26H27N7O/c1-32-9-5-17-3-4-18(11-23(17)32)21-12-20(13-22-26(21)29-7-6-28-22)31-25(19-14-30-33(2)16-19)24-15-27-8-10-34-24/h3-7,9,11-14,16,24-25,27,31H,8,10,15H2,1-2H3/t24?,25-/m0/s1. The Morgan fingerprint density at radius 2 is 2.03 bits per heavy atom. The summed E-state index contributed by atoms with van der Waals surface area (Å²) in [6, 6.07) is 12.8. The zero-order chi connectivity index (χ0) is 23.1. The Labute approximate surface area is 197 Å².